The van der Waals surface area contributed by atoms with Crippen molar-refractivity contribution in [2.75, 3.05) is 18.7 Å². The molecule has 0 saturated heterocycles. The van der Waals surface area contributed by atoms with E-state index in [4.69, 9.17) is 22.1 Å². The Hall–Kier alpha value is -1.40. The van der Waals surface area contributed by atoms with Crippen LogP contribution < -0.4 is 10.5 Å². The van der Waals surface area contributed by atoms with Crippen molar-refractivity contribution in [2.45, 2.75) is 0 Å². The van der Waals surface area contributed by atoms with Gasteiger partial charge < -0.3 is 10.5 Å². The Morgan fingerprint density at radius 1 is 1.69 bits per heavy atom. The summed E-state index contributed by atoms with van der Waals surface area (Å²) in [6.45, 7) is 0. The van der Waals surface area contributed by atoms with Crippen LogP contribution in [0.15, 0.2) is 12.3 Å². The second-order valence-electron chi connectivity index (χ2n) is 2.26. The van der Waals surface area contributed by atoms with Crippen molar-refractivity contribution in [2.24, 2.45) is 0 Å². The highest BCUT2D eigenvalue weighted by Crippen LogP contribution is 2.15. The zero-order valence-corrected chi connectivity index (χ0v) is 7.93. The van der Waals surface area contributed by atoms with Gasteiger partial charge in [0.25, 0.3) is 0 Å². The maximum atomic E-state index is 5.54. The molecule has 0 saturated carbocycles. The van der Waals surface area contributed by atoms with Crippen LogP contribution in [0.5, 0.6) is 5.88 Å². The monoisotopic (exact) mass is 196 g/mol. The minimum absolute atomic E-state index is 0.276. The van der Waals surface area contributed by atoms with Crippen molar-refractivity contribution in [3.05, 3.63) is 17.8 Å². The largest absolute Gasteiger partial charge is 0.480 e. The SMILES string of the molecule is COc1ncc(N)cc1C#CCCl. The lowest BCUT2D eigenvalue weighted by Crippen LogP contribution is -1.94. The van der Waals surface area contributed by atoms with Crippen LogP contribution in [0.3, 0.4) is 0 Å². The average molecular weight is 197 g/mol. The van der Waals surface area contributed by atoms with Gasteiger partial charge in [0, 0.05) is 0 Å². The maximum Gasteiger partial charge on any atom is 0.229 e. The first kappa shape index (κ1) is 9.69. The minimum atomic E-state index is 0.276. The number of aromatic nitrogens is 1. The molecule has 0 radical (unpaired) electrons. The van der Waals surface area contributed by atoms with Crippen LogP contribution in [0.2, 0.25) is 0 Å². The Morgan fingerprint density at radius 2 is 2.46 bits per heavy atom. The first-order valence-electron chi connectivity index (χ1n) is 3.62. The first-order valence-corrected chi connectivity index (χ1v) is 4.15. The van der Waals surface area contributed by atoms with E-state index < -0.39 is 0 Å². The zero-order valence-electron chi connectivity index (χ0n) is 7.17. The number of halogens is 1. The van der Waals surface area contributed by atoms with E-state index in [1.807, 2.05) is 0 Å². The number of nitrogen functional groups attached to an aromatic ring is 1. The predicted octanol–water partition coefficient (Wildman–Crippen LogP) is 1.26. The highest BCUT2D eigenvalue weighted by Gasteiger charge is 2.00. The van der Waals surface area contributed by atoms with Gasteiger partial charge in [-0.1, -0.05) is 11.8 Å². The summed E-state index contributed by atoms with van der Waals surface area (Å²) in [5, 5.41) is 0. The number of nitrogens with two attached hydrogens (primary N) is 1. The number of pyridine rings is 1. The molecule has 13 heavy (non-hydrogen) atoms. The lowest BCUT2D eigenvalue weighted by atomic mass is 10.2. The second-order valence-corrected chi connectivity index (χ2v) is 2.53. The number of hydrogen-bond donors (Lipinski definition) is 1. The zero-order chi connectivity index (χ0) is 9.68. The number of alkyl halides is 1. The number of methoxy groups -OCH3 is 1. The van der Waals surface area contributed by atoms with Crippen LogP contribution in [0, 0.1) is 11.8 Å². The van der Waals surface area contributed by atoms with E-state index in [2.05, 4.69) is 16.8 Å². The van der Waals surface area contributed by atoms with Gasteiger partial charge in [-0.15, -0.1) is 11.6 Å². The molecule has 0 spiro atoms. The van der Waals surface area contributed by atoms with E-state index in [1.165, 1.54) is 13.3 Å². The van der Waals surface area contributed by atoms with E-state index in [0.717, 1.165) is 0 Å². The summed E-state index contributed by atoms with van der Waals surface area (Å²) in [7, 11) is 1.53. The van der Waals surface area contributed by atoms with Crippen molar-refractivity contribution in [3.8, 4) is 17.7 Å². The molecule has 0 bridgehead atoms. The summed E-state index contributed by atoms with van der Waals surface area (Å²) in [4.78, 5) is 3.96. The number of anilines is 1. The molecule has 0 aliphatic carbocycles. The molecule has 0 aliphatic rings. The third-order valence-corrected chi connectivity index (χ3v) is 1.49. The third-order valence-electron chi connectivity index (χ3n) is 1.36. The summed E-state index contributed by atoms with van der Waals surface area (Å²) in [6.07, 6.45) is 1.52. The molecule has 1 heterocycles. The summed E-state index contributed by atoms with van der Waals surface area (Å²) in [5.41, 5.74) is 6.75. The molecule has 1 aromatic heterocycles. The van der Waals surface area contributed by atoms with Crippen molar-refractivity contribution in [3.63, 3.8) is 0 Å². The van der Waals surface area contributed by atoms with Crippen molar-refractivity contribution in [1.29, 1.82) is 0 Å². The Morgan fingerprint density at radius 3 is 3.08 bits per heavy atom. The van der Waals surface area contributed by atoms with Gasteiger partial charge in [-0.05, 0) is 6.07 Å². The van der Waals surface area contributed by atoms with Gasteiger partial charge in [0.2, 0.25) is 5.88 Å². The van der Waals surface area contributed by atoms with Gasteiger partial charge in [0.15, 0.2) is 0 Å². The molecule has 3 nitrogen and oxygen atoms in total. The molecule has 1 aromatic rings. The Balaban J connectivity index is 3.08. The van der Waals surface area contributed by atoms with Crippen LogP contribution in [-0.4, -0.2) is 18.0 Å². The third kappa shape index (κ3) is 2.53. The van der Waals surface area contributed by atoms with Crippen molar-refractivity contribution >= 4 is 17.3 Å². The van der Waals surface area contributed by atoms with Gasteiger partial charge in [-0.2, -0.15) is 0 Å². The highest BCUT2D eigenvalue weighted by molar-refractivity contribution is 6.19. The van der Waals surface area contributed by atoms with Crippen molar-refractivity contribution < 1.29 is 4.74 Å². The Labute approximate surface area is 81.9 Å². The molecule has 0 aromatic carbocycles. The van der Waals surface area contributed by atoms with Crippen LogP contribution in [-0.2, 0) is 0 Å². The molecule has 2 N–H and O–H groups in total. The van der Waals surface area contributed by atoms with Gasteiger partial charge in [-0.3, -0.25) is 0 Å². The van der Waals surface area contributed by atoms with E-state index in [-0.39, 0.29) is 5.88 Å². The van der Waals surface area contributed by atoms with Crippen LogP contribution >= 0.6 is 11.6 Å². The summed E-state index contributed by atoms with van der Waals surface area (Å²) < 4.78 is 4.99. The summed E-state index contributed by atoms with van der Waals surface area (Å²) in [6, 6.07) is 1.70. The molecule has 68 valence electrons. The lowest BCUT2D eigenvalue weighted by Gasteiger charge is -2.01. The molecule has 0 fully saturated rings. The number of ether oxygens (including phenoxy) is 1. The van der Waals surface area contributed by atoms with Gasteiger partial charge in [-0.25, -0.2) is 4.98 Å². The van der Waals surface area contributed by atoms with E-state index in [0.29, 0.717) is 17.1 Å². The van der Waals surface area contributed by atoms with Gasteiger partial charge >= 0.3 is 0 Å². The standard InChI is InChI=1S/C9H9ClN2O/c1-13-9-7(3-2-4-10)5-8(11)6-12-9/h5-6H,4,11H2,1H3. The fraction of sp³-hybridized carbons (Fsp3) is 0.222. The molecule has 0 unspecified atom stereocenters. The quantitative estimate of drug-likeness (QED) is 0.544. The number of rotatable bonds is 1. The molecule has 0 aliphatic heterocycles. The Kier molecular flexibility index (Phi) is 3.41. The summed E-state index contributed by atoms with van der Waals surface area (Å²) >= 11 is 5.42. The van der Waals surface area contributed by atoms with Gasteiger partial charge in [0.1, 0.15) is 0 Å². The lowest BCUT2D eigenvalue weighted by molar-refractivity contribution is 0.397. The van der Waals surface area contributed by atoms with Crippen LogP contribution in [0.4, 0.5) is 5.69 Å². The molecule has 1 rings (SSSR count). The van der Waals surface area contributed by atoms with E-state index >= 15 is 0 Å². The average Bonchev–Trinajstić information content (AvgIpc) is 2.15. The molecule has 0 amide bonds. The predicted molar refractivity (Wildman–Crippen MR) is 52.8 cm³/mol. The molecular weight excluding hydrogens is 188 g/mol. The normalized spacial score (nSPS) is 8.77. The smallest absolute Gasteiger partial charge is 0.229 e. The van der Waals surface area contributed by atoms with E-state index in [9.17, 15) is 0 Å². The topological polar surface area (TPSA) is 48.1 Å². The summed E-state index contributed by atoms with van der Waals surface area (Å²) in [5.74, 6) is 6.25. The van der Waals surface area contributed by atoms with Crippen molar-refractivity contribution in [1.82, 2.24) is 4.98 Å². The Bertz CT molecular complexity index is 354. The highest BCUT2D eigenvalue weighted by atomic mass is 35.5. The number of hydrogen-bond acceptors (Lipinski definition) is 3. The number of nitrogens with zero attached hydrogens (tertiary/aromatic N) is 1. The van der Waals surface area contributed by atoms with Gasteiger partial charge in [0.05, 0.1) is 30.4 Å². The maximum absolute atomic E-state index is 5.54. The van der Waals surface area contributed by atoms with E-state index in [1.54, 1.807) is 6.07 Å². The molecule has 0 atom stereocenters. The molecule has 4 heteroatoms. The minimum Gasteiger partial charge on any atom is -0.480 e. The first-order chi connectivity index (χ1) is 6.27. The fourth-order valence-electron chi connectivity index (χ4n) is 0.849. The molecular formula is C9H9ClN2O. The van der Waals surface area contributed by atoms with Crippen LogP contribution in [0.1, 0.15) is 5.56 Å². The second kappa shape index (κ2) is 4.58. The van der Waals surface area contributed by atoms with Crippen LogP contribution in [0.25, 0.3) is 0 Å². The fourth-order valence-corrected chi connectivity index (χ4v) is 0.916.